The van der Waals surface area contributed by atoms with Crippen LogP contribution in [0.3, 0.4) is 0 Å². The Hall–Kier alpha value is -1.90. The number of aromatic nitrogens is 3. The molecule has 0 fully saturated rings. The lowest BCUT2D eigenvalue weighted by Crippen LogP contribution is -2.20. The highest BCUT2D eigenvalue weighted by atomic mass is 32.2. The minimum absolute atomic E-state index is 0.122. The predicted molar refractivity (Wildman–Crippen MR) is 69.4 cm³/mol. The van der Waals surface area contributed by atoms with Crippen LogP contribution in [0.15, 0.2) is 35.7 Å². The molecule has 0 unspecified atom stereocenters. The van der Waals surface area contributed by atoms with E-state index in [9.17, 15) is 17.4 Å². The van der Waals surface area contributed by atoms with Crippen molar-refractivity contribution in [3.63, 3.8) is 0 Å². The highest BCUT2D eigenvalue weighted by Gasteiger charge is 2.28. The molecule has 0 radical (unpaired) electrons. The van der Waals surface area contributed by atoms with Crippen molar-refractivity contribution in [3.05, 3.63) is 36.2 Å². The molecular weight excluding hydrogens is 307 g/mol. The van der Waals surface area contributed by atoms with Crippen LogP contribution >= 0.6 is 0 Å². The van der Waals surface area contributed by atoms with Crippen molar-refractivity contribution in [2.24, 2.45) is 0 Å². The largest absolute Gasteiger partial charge is 0.484 e. The van der Waals surface area contributed by atoms with Gasteiger partial charge in [-0.25, -0.2) is 0 Å². The molecule has 1 atom stereocenters. The van der Waals surface area contributed by atoms with E-state index in [2.05, 4.69) is 10.2 Å². The molecule has 0 bridgehead atoms. The van der Waals surface area contributed by atoms with Gasteiger partial charge in [0.15, 0.2) is 6.61 Å². The number of para-hydroxylation sites is 1. The molecule has 21 heavy (non-hydrogen) atoms. The Bertz CT molecular complexity index is 643. The Morgan fingerprint density at radius 3 is 2.71 bits per heavy atom. The molecular formula is C12H12F3N3O2S. The van der Waals surface area contributed by atoms with E-state index in [4.69, 9.17) is 4.74 Å². The molecule has 0 saturated heterocycles. The minimum Gasteiger partial charge on any atom is -0.484 e. The van der Waals surface area contributed by atoms with Crippen molar-refractivity contribution in [1.29, 1.82) is 0 Å². The molecule has 1 aromatic heterocycles. The predicted octanol–water partition coefficient (Wildman–Crippen LogP) is 2.00. The highest BCUT2D eigenvalue weighted by Crippen LogP contribution is 2.23. The van der Waals surface area contributed by atoms with Gasteiger partial charge in [-0.05, 0) is 6.07 Å². The van der Waals surface area contributed by atoms with Gasteiger partial charge in [0.05, 0.1) is 17.3 Å². The van der Waals surface area contributed by atoms with Gasteiger partial charge in [0.1, 0.15) is 12.1 Å². The maximum absolute atomic E-state index is 12.2. The summed E-state index contributed by atoms with van der Waals surface area (Å²) >= 11 is 0. The Labute approximate surface area is 121 Å². The van der Waals surface area contributed by atoms with Crippen LogP contribution in [0.25, 0.3) is 0 Å². The van der Waals surface area contributed by atoms with Crippen molar-refractivity contribution in [2.75, 3.05) is 12.9 Å². The summed E-state index contributed by atoms with van der Waals surface area (Å²) in [6, 6.07) is 6.35. The number of ether oxygens (including phenoxy) is 1. The van der Waals surface area contributed by atoms with Crippen LogP contribution in [0, 0.1) is 0 Å². The second-order valence-electron chi connectivity index (χ2n) is 4.21. The third-order valence-corrected chi connectivity index (χ3v) is 3.37. The Morgan fingerprint density at radius 1 is 1.33 bits per heavy atom. The molecule has 1 heterocycles. The molecule has 0 amide bonds. The van der Waals surface area contributed by atoms with E-state index in [0.717, 1.165) is 0 Å². The van der Waals surface area contributed by atoms with Crippen molar-refractivity contribution < 1.29 is 22.1 Å². The topological polar surface area (TPSA) is 57.0 Å². The van der Waals surface area contributed by atoms with Gasteiger partial charge in [-0.2, -0.15) is 13.2 Å². The fraction of sp³-hybridized carbons (Fsp3) is 0.333. The third-order valence-electron chi connectivity index (χ3n) is 2.54. The molecule has 0 spiro atoms. The third kappa shape index (κ3) is 4.28. The average molecular weight is 319 g/mol. The van der Waals surface area contributed by atoms with Crippen molar-refractivity contribution in [1.82, 2.24) is 14.8 Å². The standard InChI is InChI=1S/C12H12F3N3O2S/c1-21(19)11-17-16-8-18(11)6-9-4-2-3-5-10(9)20-7-12(13,14)15/h2-5,8H,6-7H2,1H3/t21-/m0/s1. The molecule has 114 valence electrons. The highest BCUT2D eigenvalue weighted by molar-refractivity contribution is 7.84. The summed E-state index contributed by atoms with van der Waals surface area (Å²) in [6.07, 6.45) is -1.58. The van der Waals surface area contributed by atoms with E-state index in [-0.39, 0.29) is 17.5 Å². The number of halogens is 3. The number of hydrogen-bond acceptors (Lipinski definition) is 4. The number of benzene rings is 1. The quantitative estimate of drug-likeness (QED) is 0.846. The van der Waals surface area contributed by atoms with Gasteiger partial charge in [-0.15, -0.1) is 10.2 Å². The Morgan fingerprint density at radius 2 is 2.05 bits per heavy atom. The van der Waals surface area contributed by atoms with E-state index in [1.165, 1.54) is 23.2 Å². The maximum Gasteiger partial charge on any atom is 0.422 e. The summed E-state index contributed by atoms with van der Waals surface area (Å²) in [6.45, 7) is -1.19. The van der Waals surface area contributed by atoms with Gasteiger partial charge >= 0.3 is 6.18 Å². The first-order chi connectivity index (χ1) is 9.87. The molecule has 0 aliphatic carbocycles. The summed E-state index contributed by atoms with van der Waals surface area (Å²) in [4.78, 5) is 0. The summed E-state index contributed by atoms with van der Waals surface area (Å²) in [5, 5.41) is 7.62. The first kappa shape index (κ1) is 15.5. The van der Waals surface area contributed by atoms with E-state index in [0.29, 0.717) is 5.56 Å². The van der Waals surface area contributed by atoms with Gasteiger partial charge in [0.25, 0.3) is 0 Å². The lowest BCUT2D eigenvalue weighted by molar-refractivity contribution is -0.153. The lowest BCUT2D eigenvalue weighted by atomic mass is 10.2. The van der Waals surface area contributed by atoms with E-state index in [1.807, 2.05) is 0 Å². The SMILES string of the molecule is C[S@](=O)c1nncn1Cc1ccccc1OCC(F)(F)F. The molecule has 0 saturated carbocycles. The van der Waals surface area contributed by atoms with Crippen LogP contribution in [-0.2, 0) is 17.3 Å². The Balaban J connectivity index is 2.20. The van der Waals surface area contributed by atoms with Crippen LogP contribution in [0.5, 0.6) is 5.75 Å². The van der Waals surface area contributed by atoms with Crippen LogP contribution in [0.4, 0.5) is 13.2 Å². The van der Waals surface area contributed by atoms with E-state index >= 15 is 0 Å². The minimum atomic E-state index is -4.40. The number of rotatable bonds is 5. The average Bonchev–Trinajstić information content (AvgIpc) is 2.85. The first-order valence-electron chi connectivity index (χ1n) is 5.85. The maximum atomic E-state index is 12.2. The molecule has 0 aliphatic heterocycles. The molecule has 0 aliphatic rings. The van der Waals surface area contributed by atoms with Crippen molar-refractivity contribution >= 4 is 10.8 Å². The monoisotopic (exact) mass is 319 g/mol. The van der Waals surface area contributed by atoms with Crippen molar-refractivity contribution in [2.45, 2.75) is 17.9 Å². The molecule has 1 aromatic carbocycles. The smallest absolute Gasteiger partial charge is 0.422 e. The second-order valence-corrected chi connectivity index (χ2v) is 5.48. The lowest BCUT2D eigenvalue weighted by Gasteiger charge is -2.13. The zero-order valence-electron chi connectivity index (χ0n) is 11.0. The molecule has 0 N–H and O–H groups in total. The molecule has 5 nitrogen and oxygen atoms in total. The van der Waals surface area contributed by atoms with Gasteiger partial charge < -0.3 is 9.30 Å². The zero-order chi connectivity index (χ0) is 15.5. The molecule has 2 rings (SSSR count). The number of hydrogen-bond donors (Lipinski definition) is 0. The number of nitrogens with zero attached hydrogens (tertiary/aromatic N) is 3. The molecule has 9 heteroatoms. The van der Waals surface area contributed by atoms with Crippen LogP contribution in [-0.4, -0.2) is 38.0 Å². The fourth-order valence-electron chi connectivity index (χ4n) is 1.69. The number of alkyl halides is 3. The first-order valence-corrected chi connectivity index (χ1v) is 7.41. The summed E-state index contributed by atoms with van der Waals surface area (Å²) in [7, 11) is -1.34. The van der Waals surface area contributed by atoms with Crippen LogP contribution < -0.4 is 4.74 Å². The van der Waals surface area contributed by atoms with E-state index in [1.54, 1.807) is 18.2 Å². The fourth-order valence-corrected chi connectivity index (χ4v) is 2.30. The van der Waals surface area contributed by atoms with Crippen LogP contribution in [0.1, 0.15) is 5.56 Å². The zero-order valence-corrected chi connectivity index (χ0v) is 11.8. The molecule has 2 aromatic rings. The van der Waals surface area contributed by atoms with Crippen molar-refractivity contribution in [3.8, 4) is 5.75 Å². The van der Waals surface area contributed by atoms with Gasteiger partial charge in [-0.3, -0.25) is 4.21 Å². The summed E-state index contributed by atoms with van der Waals surface area (Å²) in [5.74, 6) is 0.122. The van der Waals surface area contributed by atoms with Crippen LogP contribution in [0.2, 0.25) is 0 Å². The van der Waals surface area contributed by atoms with Gasteiger partial charge in [0.2, 0.25) is 5.16 Å². The normalized spacial score (nSPS) is 13.1. The summed E-state index contributed by atoms with van der Waals surface area (Å²) < 4.78 is 54.5. The Kier molecular flexibility index (Phi) is 4.61. The van der Waals surface area contributed by atoms with Gasteiger partial charge in [-0.1, -0.05) is 18.2 Å². The van der Waals surface area contributed by atoms with E-state index < -0.39 is 23.6 Å². The summed E-state index contributed by atoms with van der Waals surface area (Å²) in [5.41, 5.74) is 0.522. The van der Waals surface area contributed by atoms with Gasteiger partial charge in [0, 0.05) is 11.8 Å². The second kappa shape index (κ2) is 6.25.